The molecule has 0 aliphatic carbocycles. The summed E-state index contributed by atoms with van der Waals surface area (Å²) in [5.74, 6) is -1.14. The third-order valence-electron chi connectivity index (χ3n) is 11.0. The number of carbonyl (C=O) groups is 3. The van der Waals surface area contributed by atoms with E-state index < -0.39 is 12.1 Å². The Balaban J connectivity index is 4.60. The summed E-state index contributed by atoms with van der Waals surface area (Å²) >= 11 is 0. The Morgan fingerprint density at radius 2 is 0.577 bits per heavy atom. The molecule has 0 aliphatic rings. The van der Waals surface area contributed by atoms with Crippen molar-refractivity contribution in [3.63, 3.8) is 0 Å². The molecule has 1 atom stereocenters. The number of allylic oxidation sites excluding steroid dienone is 26. The minimum Gasteiger partial charge on any atom is -0.462 e. The molecule has 0 aromatic carbocycles. The van der Waals surface area contributed by atoms with E-state index in [4.69, 9.17) is 14.2 Å². The van der Waals surface area contributed by atoms with Crippen LogP contribution in [-0.4, -0.2) is 37.2 Å². The molecular weight excluding hydrogens is 877 g/mol. The minimum atomic E-state index is -0.861. The van der Waals surface area contributed by atoms with E-state index in [1.54, 1.807) is 0 Å². The standard InChI is InChI=1S/C65H100O6/c1-4-7-10-13-16-19-22-25-27-29-31-32-34-35-37-40-43-46-49-52-55-58-64(67)70-61-62(60-69-63(66)57-54-51-48-45-42-39-24-21-18-15-12-9-6-3)71-65(68)59-56-53-50-47-44-41-38-36-33-30-28-26-23-20-17-14-11-8-5-2/h8-9,11-12,17-18,20-22,25-26,28-29,31,33-36,39,41-42,44,48,50-51,53,62H,4-7,10,13-16,19,23-24,27,30,32,37-38,40,43,45-47,49,52,54-61H2,1-3H3/b11-8-,12-9-,20-17-,21-18-,25-22-,28-26-,31-29-,35-34-,36-33-,42-39-,44-41-,51-48-,53-50-. The highest BCUT2D eigenvalue weighted by Crippen LogP contribution is 2.12. The lowest BCUT2D eigenvalue weighted by molar-refractivity contribution is -0.166. The average Bonchev–Trinajstić information content (AvgIpc) is 3.37. The van der Waals surface area contributed by atoms with Crippen molar-refractivity contribution in [3.8, 4) is 0 Å². The lowest BCUT2D eigenvalue weighted by Gasteiger charge is -2.18. The minimum absolute atomic E-state index is 0.145. The highest BCUT2D eigenvalue weighted by Gasteiger charge is 2.19. The smallest absolute Gasteiger partial charge is 0.306 e. The maximum absolute atomic E-state index is 12.8. The molecule has 0 saturated heterocycles. The van der Waals surface area contributed by atoms with Crippen LogP contribution in [0.2, 0.25) is 0 Å². The zero-order chi connectivity index (χ0) is 51.4. The second-order valence-electron chi connectivity index (χ2n) is 17.7. The predicted octanol–water partition coefficient (Wildman–Crippen LogP) is 19.0. The first-order valence-corrected chi connectivity index (χ1v) is 28.0. The quantitative estimate of drug-likeness (QED) is 0.0262. The topological polar surface area (TPSA) is 78.9 Å². The zero-order valence-corrected chi connectivity index (χ0v) is 45.2. The summed E-state index contributed by atoms with van der Waals surface area (Å²) in [6.07, 6.45) is 84.0. The number of rotatable bonds is 48. The third-order valence-corrected chi connectivity index (χ3v) is 11.0. The van der Waals surface area contributed by atoms with Crippen LogP contribution in [0.15, 0.2) is 158 Å². The fraction of sp³-hybridized carbons (Fsp3) is 0.554. The lowest BCUT2D eigenvalue weighted by Crippen LogP contribution is -2.30. The van der Waals surface area contributed by atoms with Crippen LogP contribution in [-0.2, 0) is 28.6 Å². The van der Waals surface area contributed by atoms with Gasteiger partial charge in [-0.2, -0.15) is 0 Å². The third kappa shape index (κ3) is 55.8. The predicted molar refractivity (Wildman–Crippen MR) is 306 cm³/mol. The van der Waals surface area contributed by atoms with Gasteiger partial charge in [-0.1, -0.05) is 230 Å². The van der Waals surface area contributed by atoms with E-state index in [-0.39, 0.29) is 38.0 Å². The molecule has 0 saturated carbocycles. The fourth-order valence-electron chi connectivity index (χ4n) is 6.90. The number of carbonyl (C=O) groups excluding carboxylic acids is 3. The maximum atomic E-state index is 12.8. The van der Waals surface area contributed by atoms with Crippen molar-refractivity contribution in [1.29, 1.82) is 0 Å². The Bertz CT molecular complexity index is 1640. The fourth-order valence-corrected chi connectivity index (χ4v) is 6.90. The van der Waals surface area contributed by atoms with Crippen LogP contribution in [0, 0.1) is 0 Å². The molecule has 0 heterocycles. The first-order chi connectivity index (χ1) is 35.0. The van der Waals surface area contributed by atoms with Gasteiger partial charge >= 0.3 is 17.9 Å². The molecular formula is C65H100O6. The highest BCUT2D eigenvalue weighted by molar-refractivity contribution is 5.71. The van der Waals surface area contributed by atoms with Gasteiger partial charge in [0.2, 0.25) is 0 Å². The van der Waals surface area contributed by atoms with Crippen molar-refractivity contribution in [2.24, 2.45) is 0 Å². The van der Waals surface area contributed by atoms with Crippen molar-refractivity contribution in [2.45, 2.75) is 219 Å². The Kier molecular flexibility index (Phi) is 53.6. The normalized spacial score (nSPS) is 13.3. The number of hydrogen-bond donors (Lipinski definition) is 0. The van der Waals surface area contributed by atoms with Gasteiger partial charge in [-0.3, -0.25) is 14.4 Å². The number of hydrogen-bond acceptors (Lipinski definition) is 6. The molecule has 0 spiro atoms. The van der Waals surface area contributed by atoms with Gasteiger partial charge in [-0.25, -0.2) is 0 Å². The van der Waals surface area contributed by atoms with E-state index in [1.165, 1.54) is 51.4 Å². The number of unbranched alkanes of at least 4 members (excludes halogenated alkanes) is 11. The van der Waals surface area contributed by atoms with Crippen LogP contribution < -0.4 is 0 Å². The Morgan fingerprint density at radius 3 is 0.944 bits per heavy atom. The van der Waals surface area contributed by atoms with Gasteiger partial charge in [-0.05, 0) is 122 Å². The van der Waals surface area contributed by atoms with Crippen molar-refractivity contribution < 1.29 is 28.6 Å². The van der Waals surface area contributed by atoms with Crippen molar-refractivity contribution in [2.75, 3.05) is 13.2 Å². The molecule has 0 rings (SSSR count). The molecule has 0 bridgehead atoms. The summed E-state index contributed by atoms with van der Waals surface area (Å²) in [4.78, 5) is 38.0. The summed E-state index contributed by atoms with van der Waals surface area (Å²) in [6, 6.07) is 0. The summed E-state index contributed by atoms with van der Waals surface area (Å²) < 4.78 is 16.7. The average molecular weight is 978 g/mol. The molecule has 6 nitrogen and oxygen atoms in total. The summed E-state index contributed by atoms with van der Waals surface area (Å²) in [5.41, 5.74) is 0. The van der Waals surface area contributed by atoms with Crippen molar-refractivity contribution in [3.05, 3.63) is 158 Å². The second-order valence-corrected chi connectivity index (χ2v) is 17.7. The monoisotopic (exact) mass is 977 g/mol. The Labute approximate surface area is 435 Å². The summed E-state index contributed by atoms with van der Waals surface area (Å²) in [5, 5.41) is 0. The van der Waals surface area contributed by atoms with Crippen molar-refractivity contribution in [1.82, 2.24) is 0 Å². The highest BCUT2D eigenvalue weighted by atomic mass is 16.6. The molecule has 396 valence electrons. The van der Waals surface area contributed by atoms with Crippen LogP contribution in [0.3, 0.4) is 0 Å². The molecule has 0 aromatic heterocycles. The number of ether oxygens (including phenoxy) is 3. The van der Waals surface area contributed by atoms with E-state index in [9.17, 15) is 14.4 Å². The molecule has 6 heteroatoms. The molecule has 0 fully saturated rings. The van der Waals surface area contributed by atoms with Gasteiger partial charge in [0, 0.05) is 19.3 Å². The second kappa shape index (κ2) is 57.6. The SMILES string of the molecule is CC/C=C\C/C=C\C/C=C\C/C=C\C/C=C\C/C=C\CCC(=O)OC(COC(=O)CC/C=C\C/C=C\C/C=C\C/C=C\CC)COC(=O)CCCCCCCC/C=C\C/C=C\C/C=C\CCCCCCC. The number of esters is 3. The van der Waals surface area contributed by atoms with Crippen LogP contribution in [0.4, 0.5) is 0 Å². The molecule has 71 heavy (non-hydrogen) atoms. The first-order valence-electron chi connectivity index (χ1n) is 28.0. The lowest BCUT2D eigenvalue weighted by atomic mass is 10.1. The molecule has 0 amide bonds. The molecule has 1 unspecified atom stereocenters. The van der Waals surface area contributed by atoms with E-state index in [0.717, 1.165) is 109 Å². The van der Waals surface area contributed by atoms with Gasteiger partial charge in [0.15, 0.2) is 6.10 Å². The van der Waals surface area contributed by atoms with Gasteiger partial charge in [0.25, 0.3) is 0 Å². The maximum Gasteiger partial charge on any atom is 0.306 e. The van der Waals surface area contributed by atoms with Gasteiger partial charge in [-0.15, -0.1) is 0 Å². The van der Waals surface area contributed by atoms with Crippen LogP contribution in [0.5, 0.6) is 0 Å². The zero-order valence-electron chi connectivity index (χ0n) is 45.2. The first kappa shape index (κ1) is 66.0. The van der Waals surface area contributed by atoms with E-state index in [0.29, 0.717) is 19.3 Å². The molecule has 0 N–H and O–H groups in total. The largest absolute Gasteiger partial charge is 0.462 e. The van der Waals surface area contributed by atoms with Crippen LogP contribution in [0.25, 0.3) is 0 Å². The molecule has 0 radical (unpaired) electrons. The van der Waals surface area contributed by atoms with Gasteiger partial charge in [0.1, 0.15) is 13.2 Å². The van der Waals surface area contributed by atoms with E-state index >= 15 is 0 Å². The molecule has 0 aromatic rings. The van der Waals surface area contributed by atoms with Crippen LogP contribution >= 0.6 is 0 Å². The van der Waals surface area contributed by atoms with Gasteiger partial charge in [0.05, 0.1) is 0 Å². The van der Waals surface area contributed by atoms with E-state index in [1.807, 2.05) is 24.3 Å². The molecule has 0 aliphatic heterocycles. The van der Waals surface area contributed by atoms with E-state index in [2.05, 4.69) is 154 Å². The van der Waals surface area contributed by atoms with Crippen molar-refractivity contribution >= 4 is 17.9 Å². The summed E-state index contributed by atoms with van der Waals surface area (Å²) in [6.45, 7) is 6.24. The van der Waals surface area contributed by atoms with Crippen LogP contribution in [0.1, 0.15) is 213 Å². The Morgan fingerprint density at radius 1 is 0.296 bits per heavy atom. The summed E-state index contributed by atoms with van der Waals surface area (Å²) in [7, 11) is 0. The van der Waals surface area contributed by atoms with Gasteiger partial charge < -0.3 is 14.2 Å². The Hall–Kier alpha value is -4.97.